The third-order valence-corrected chi connectivity index (χ3v) is 4.68. The zero-order chi connectivity index (χ0) is 16.7. The number of anilines is 2. The van der Waals surface area contributed by atoms with Crippen LogP contribution in [0.1, 0.15) is 0 Å². The third-order valence-electron chi connectivity index (χ3n) is 4.68. The molecule has 2 aromatic rings. The average molecular weight is 330 g/mol. The minimum Gasteiger partial charge on any atom is -0.481 e. The fourth-order valence-electron chi connectivity index (χ4n) is 3.58. The first-order valence-corrected chi connectivity index (χ1v) is 7.83. The number of H-pyrrole nitrogens is 2. The predicted molar refractivity (Wildman–Crippen MR) is 87.7 cm³/mol. The first kappa shape index (κ1) is 14.7. The van der Waals surface area contributed by atoms with Gasteiger partial charge < -0.3 is 14.5 Å². The van der Waals surface area contributed by atoms with Crippen LogP contribution in [-0.4, -0.2) is 53.2 Å². The van der Waals surface area contributed by atoms with Gasteiger partial charge in [0.25, 0.3) is 5.56 Å². The largest absolute Gasteiger partial charge is 0.481 e. The van der Waals surface area contributed by atoms with Crippen molar-refractivity contribution in [2.24, 2.45) is 11.8 Å². The summed E-state index contributed by atoms with van der Waals surface area (Å²) in [7, 11) is 1.59. The molecule has 4 heterocycles. The van der Waals surface area contributed by atoms with Crippen LogP contribution < -0.4 is 25.8 Å². The van der Waals surface area contributed by atoms with Gasteiger partial charge in [0.15, 0.2) is 0 Å². The summed E-state index contributed by atoms with van der Waals surface area (Å²) in [5.74, 6) is 2.71. The fraction of sp³-hybridized carbons (Fsp3) is 0.467. The summed E-state index contributed by atoms with van der Waals surface area (Å²) in [6.45, 7) is 3.29. The molecule has 2 saturated heterocycles. The van der Waals surface area contributed by atoms with E-state index in [1.54, 1.807) is 19.4 Å². The molecular formula is C15H18N6O3. The Morgan fingerprint density at radius 1 is 1.12 bits per heavy atom. The number of fused-ring (bicyclic) bond motifs is 1. The van der Waals surface area contributed by atoms with E-state index in [2.05, 4.69) is 29.7 Å². The van der Waals surface area contributed by atoms with E-state index in [0.29, 0.717) is 29.5 Å². The van der Waals surface area contributed by atoms with E-state index >= 15 is 0 Å². The maximum atomic E-state index is 11.5. The van der Waals surface area contributed by atoms with Crippen molar-refractivity contribution in [1.82, 2.24) is 19.9 Å². The number of ether oxygens (including phenoxy) is 1. The van der Waals surface area contributed by atoms with Crippen molar-refractivity contribution in [2.45, 2.75) is 0 Å². The molecular weight excluding hydrogens is 312 g/mol. The lowest BCUT2D eigenvalue weighted by atomic mass is 10.0. The molecule has 0 aliphatic carbocycles. The van der Waals surface area contributed by atoms with E-state index in [9.17, 15) is 9.59 Å². The van der Waals surface area contributed by atoms with Gasteiger partial charge >= 0.3 is 5.69 Å². The standard InChI is InChI=1S/C15H18N6O3/c1-24-13-2-3-16-14(19-13)21-7-9-5-20(6-10(9)8-21)11-4-12(22)18-15(23)17-11/h2-4,9-10H,5-8H2,1H3,(H2,17,18,22,23). The molecule has 2 aliphatic rings. The second-order valence-corrected chi connectivity index (χ2v) is 6.20. The van der Waals surface area contributed by atoms with Gasteiger partial charge in [-0.25, -0.2) is 9.78 Å². The van der Waals surface area contributed by atoms with Gasteiger partial charge in [0.05, 0.1) is 7.11 Å². The molecule has 0 bridgehead atoms. The lowest BCUT2D eigenvalue weighted by Crippen LogP contribution is -2.32. The Kier molecular flexibility index (Phi) is 3.47. The minimum absolute atomic E-state index is 0.378. The Hall–Kier alpha value is -2.84. The van der Waals surface area contributed by atoms with E-state index in [0.717, 1.165) is 26.2 Å². The summed E-state index contributed by atoms with van der Waals surface area (Å²) < 4.78 is 5.15. The molecule has 0 amide bonds. The molecule has 2 aliphatic heterocycles. The summed E-state index contributed by atoms with van der Waals surface area (Å²) in [6, 6.07) is 3.16. The molecule has 2 N–H and O–H groups in total. The van der Waals surface area contributed by atoms with Crippen molar-refractivity contribution in [3.63, 3.8) is 0 Å². The minimum atomic E-state index is -0.471. The van der Waals surface area contributed by atoms with Gasteiger partial charge in [-0.2, -0.15) is 4.98 Å². The summed E-state index contributed by atoms with van der Waals surface area (Å²) >= 11 is 0. The number of aromatic amines is 2. The van der Waals surface area contributed by atoms with Crippen molar-refractivity contribution in [2.75, 3.05) is 43.1 Å². The van der Waals surface area contributed by atoms with Crippen LogP contribution in [0.5, 0.6) is 5.88 Å². The van der Waals surface area contributed by atoms with Crippen LogP contribution in [0.4, 0.5) is 11.8 Å². The maximum Gasteiger partial charge on any atom is 0.327 e. The normalized spacial score (nSPS) is 22.7. The molecule has 0 saturated carbocycles. The molecule has 2 aromatic heterocycles. The van der Waals surface area contributed by atoms with E-state index in [1.807, 2.05) is 0 Å². The molecule has 126 valence electrons. The SMILES string of the molecule is COc1ccnc(N2CC3CN(c4cc(=O)[nH]c(=O)[nH]4)CC3C2)n1. The second-order valence-electron chi connectivity index (χ2n) is 6.20. The Labute approximate surface area is 137 Å². The molecule has 2 fully saturated rings. The highest BCUT2D eigenvalue weighted by Crippen LogP contribution is 2.34. The highest BCUT2D eigenvalue weighted by Gasteiger charge is 2.41. The van der Waals surface area contributed by atoms with Crippen molar-refractivity contribution < 1.29 is 4.74 Å². The van der Waals surface area contributed by atoms with Crippen LogP contribution in [-0.2, 0) is 0 Å². The smallest absolute Gasteiger partial charge is 0.327 e. The molecule has 0 spiro atoms. The van der Waals surface area contributed by atoms with Crippen molar-refractivity contribution >= 4 is 11.8 Å². The van der Waals surface area contributed by atoms with E-state index in [1.165, 1.54) is 6.07 Å². The van der Waals surface area contributed by atoms with Gasteiger partial charge in [-0.3, -0.25) is 14.8 Å². The maximum absolute atomic E-state index is 11.5. The Morgan fingerprint density at radius 3 is 2.50 bits per heavy atom. The Bertz CT molecular complexity index is 820. The molecule has 4 rings (SSSR count). The zero-order valence-electron chi connectivity index (χ0n) is 13.2. The lowest BCUT2D eigenvalue weighted by Gasteiger charge is -2.22. The Morgan fingerprint density at radius 2 is 1.83 bits per heavy atom. The van der Waals surface area contributed by atoms with Gasteiger partial charge in [-0.05, 0) is 0 Å². The fourth-order valence-corrected chi connectivity index (χ4v) is 3.58. The van der Waals surface area contributed by atoms with Crippen LogP contribution in [0, 0.1) is 11.8 Å². The Balaban J connectivity index is 1.48. The highest BCUT2D eigenvalue weighted by atomic mass is 16.5. The van der Waals surface area contributed by atoms with Gasteiger partial charge in [0.2, 0.25) is 11.8 Å². The number of rotatable bonds is 3. The lowest BCUT2D eigenvalue weighted by molar-refractivity contribution is 0.397. The van der Waals surface area contributed by atoms with Crippen molar-refractivity contribution in [3.05, 3.63) is 39.2 Å². The van der Waals surface area contributed by atoms with Crippen LogP contribution in [0.2, 0.25) is 0 Å². The molecule has 9 nitrogen and oxygen atoms in total. The quantitative estimate of drug-likeness (QED) is 0.776. The summed E-state index contributed by atoms with van der Waals surface area (Å²) in [4.78, 5) is 40.7. The first-order chi connectivity index (χ1) is 11.6. The average Bonchev–Trinajstić information content (AvgIpc) is 3.13. The van der Waals surface area contributed by atoms with E-state index < -0.39 is 5.69 Å². The zero-order valence-corrected chi connectivity index (χ0v) is 13.2. The number of hydrogen-bond donors (Lipinski definition) is 2. The number of methoxy groups -OCH3 is 1. The van der Waals surface area contributed by atoms with Crippen LogP contribution in [0.25, 0.3) is 0 Å². The predicted octanol–water partition coefficient (Wildman–Crippen LogP) is -0.566. The van der Waals surface area contributed by atoms with Gasteiger partial charge in [0.1, 0.15) is 5.82 Å². The highest BCUT2D eigenvalue weighted by molar-refractivity contribution is 5.42. The van der Waals surface area contributed by atoms with Crippen molar-refractivity contribution in [3.8, 4) is 5.88 Å². The monoisotopic (exact) mass is 330 g/mol. The van der Waals surface area contributed by atoms with E-state index in [-0.39, 0.29) is 5.56 Å². The molecule has 24 heavy (non-hydrogen) atoms. The van der Waals surface area contributed by atoms with Gasteiger partial charge in [-0.15, -0.1) is 0 Å². The van der Waals surface area contributed by atoms with Crippen molar-refractivity contribution in [1.29, 1.82) is 0 Å². The molecule has 9 heteroatoms. The third kappa shape index (κ3) is 2.61. The van der Waals surface area contributed by atoms with E-state index in [4.69, 9.17) is 4.74 Å². The summed E-state index contributed by atoms with van der Waals surface area (Å²) in [5.41, 5.74) is -0.849. The molecule has 0 radical (unpaired) electrons. The summed E-state index contributed by atoms with van der Waals surface area (Å²) in [6.07, 6.45) is 1.70. The molecule has 2 atom stereocenters. The van der Waals surface area contributed by atoms with Crippen LogP contribution in [0.15, 0.2) is 27.9 Å². The van der Waals surface area contributed by atoms with Crippen LogP contribution >= 0.6 is 0 Å². The number of nitrogens with zero attached hydrogens (tertiary/aromatic N) is 4. The molecule has 2 unspecified atom stereocenters. The molecule has 0 aromatic carbocycles. The number of hydrogen-bond acceptors (Lipinski definition) is 7. The van der Waals surface area contributed by atoms with Gasteiger partial charge in [-0.1, -0.05) is 0 Å². The number of nitrogens with one attached hydrogen (secondary N) is 2. The number of aromatic nitrogens is 4. The first-order valence-electron chi connectivity index (χ1n) is 7.83. The van der Waals surface area contributed by atoms with Crippen LogP contribution in [0.3, 0.4) is 0 Å². The topological polar surface area (TPSA) is 107 Å². The summed E-state index contributed by atoms with van der Waals surface area (Å²) in [5, 5.41) is 0. The van der Waals surface area contributed by atoms with Gasteiger partial charge in [0, 0.05) is 56.3 Å². The second kappa shape index (κ2) is 5.66.